The predicted molar refractivity (Wildman–Crippen MR) is 60.7 cm³/mol. The number of rotatable bonds is 6. The van der Waals surface area contributed by atoms with E-state index in [1.54, 1.807) is 0 Å². The van der Waals surface area contributed by atoms with Crippen LogP contribution in [0.1, 0.15) is 32.6 Å². The highest BCUT2D eigenvalue weighted by Gasteiger charge is 2.22. The lowest BCUT2D eigenvalue weighted by molar-refractivity contribution is -0.118. The molecule has 4 heteroatoms. The third kappa shape index (κ3) is 3.46. The van der Waals surface area contributed by atoms with Gasteiger partial charge in [0.25, 0.3) is 0 Å². The Bertz CT molecular complexity index is 240. The van der Waals surface area contributed by atoms with Crippen LogP contribution in [0.25, 0.3) is 0 Å². The summed E-state index contributed by atoms with van der Waals surface area (Å²) in [7, 11) is 2.04. The van der Waals surface area contributed by atoms with E-state index in [4.69, 9.17) is 5.73 Å². The number of hydrogen-bond donors (Lipinski definition) is 1. The molecule has 86 valence electrons. The predicted octanol–water partition coefficient (Wildman–Crippen LogP) is 1.10. The Morgan fingerprint density at radius 2 is 2.20 bits per heavy atom. The highest BCUT2D eigenvalue weighted by atomic mass is 16.1. The topological polar surface area (TPSA) is 49.6 Å². The minimum atomic E-state index is -0.217. The number of carbonyl (C=O) groups excluding carboxylic acids is 1. The van der Waals surface area contributed by atoms with E-state index in [9.17, 15) is 4.79 Å². The van der Waals surface area contributed by atoms with Crippen molar-refractivity contribution in [3.63, 3.8) is 0 Å². The van der Waals surface area contributed by atoms with Gasteiger partial charge in [-0.25, -0.2) is 0 Å². The van der Waals surface area contributed by atoms with Gasteiger partial charge in [-0.15, -0.1) is 0 Å². The van der Waals surface area contributed by atoms with Gasteiger partial charge >= 0.3 is 0 Å². The van der Waals surface area contributed by atoms with E-state index in [2.05, 4.69) is 29.1 Å². The summed E-state index contributed by atoms with van der Waals surface area (Å²) in [5, 5.41) is 0. The van der Waals surface area contributed by atoms with E-state index in [1.807, 2.05) is 7.05 Å². The fourth-order valence-corrected chi connectivity index (χ4v) is 1.83. The van der Waals surface area contributed by atoms with Crippen molar-refractivity contribution in [1.82, 2.24) is 9.80 Å². The molecular formula is C11H21N3O. The SMILES string of the molecule is CCCCN1C=CN(C)C1CCC(N)=O. The van der Waals surface area contributed by atoms with E-state index in [1.165, 1.54) is 12.8 Å². The van der Waals surface area contributed by atoms with E-state index < -0.39 is 0 Å². The molecule has 0 bridgehead atoms. The summed E-state index contributed by atoms with van der Waals surface area (Å²) < 4.78 is 0. The van der Waals surface area contributed by atoms with Crippen LogP contribution in [0.15, 0.2) is 12.4 Å². The van der Waals surface area contributed by atoms with Gasteiger partial charge in [0.05, 0.1) is 0 Å². The molecule has 1 unspecified atom stereocenters. The van der Waals surface area contributed by atoms with E-state index in [0.29, 0.717) is 12.6 Å². The average Bonchev–Trinajstić information content (AvgIpc) is 2.53. The zero-order chi connectivity index (χ0) is 11.3. The molecule has 0 saturated heterocycles. The highest BCUT2D eigenvalue weighted by molar-refractivity contribution is 5.73. The number of carbonyl (C=O) groups is 1. The number of primary amides is 1. The zero-order valence-electron chi connectivity index (χ0n) is 9.65. The van der Waals surface area contributed by atoms with Crippen LogP contribution in [0.3, 0.4) is 0 Å². The molecular weight excluding hydrogens is 190 g/mol. The molecule has 1 rings (SSSR count). The van der Waals surface area contributed by atoms with Crippen molar-refractivity contribution in [3.8, 4) is 0 Å². The fraction of sp³-hybridized carbons (Fsp3) is 0.727. The molecule has 1 heterocycles. The molecule has 0 aromatic heterocycles. The minimum Gasteiger partial charge on any atom is -0.370 e. The minimum absolute atomic E-state index is 0.217. The normalized spacial score (nSPS) is 20.0. The van der Waals surface area contributed by atoms with Crippen molar-refractivity contribution >= 4 is 5.91 Å². The van der Waals surface area contributed by atoms with Crippen LogP contribution in [-0.2, 0) is 4.79 Å². The van der Waals surface area contributed by atoms with E-state index in [-0.39, 0.29) is 5.91 Å². The lowest BCUT2D eigenvalue weighted by Crippen LogP contribution is -2.37. The van der Waals surface area contributed by atoms with E-state index in [0.717, 1.165) is 13.0 Å². The molecule has 0 spiro atoms. The summed E-state index contributed by atoms with van der Waals surface area (Å²) in [6.45, 7) is 3.24. The smallest absolute Gasteiger partial charge is 0.217 e. The summed E-state index contributed by atoms with van der Waals surface area (Å²) >= 11 is 0. The Balaban J connectivity index is 2.40. The van der Waals surface area contributed by atoms with Crippen LogP contribution in [0.5, 0.6) is 0 Å². The number of unbranched alkanes of at least 4 members (excludes halogenated alkanes) is 1. The van der Waals surface area contributed by atoms with Crippen molar-refractivity contribution in [3.05, 3.63) is 12.4 Å². The first-order chi connectivity index (χ1) is 7.15. The van der Waals surface area contributed by atoms with Crippen molar-refractivity contribution in [2.45, 2.75) is 38.8 Å². The maximum Gasteiger partial charge on any atom is 0.217 e. The van der Waals surface area contributed by atoms with Crippen LogP contribution < -0.4 is 5.73 Å². The first kappa shape index (κ1) is 11.9. The molecule has 15 heavy (non-hydrogen) atoms. The van der Waals surface area contributed by atoms with Gasteiger partial charge in [-0.3, -0.25) is 4.79 Å². The Morgan fingerprint density at radius 3 is 2.80 bits per heavy atom. The second kappa shape index (κ2) is 5.63. The van der Waals surface area contributed by atoms with Gasteiger partial charge in [-0.1, -0.05) is 13.3 Å². The standard InChI is InChI=1S/C11H21N3O/c1-3-4-7-14-9-8-13(2)11(14)6-5-10(12)15/h8-9,11H,3-7H2,1-2H3,(H2,12,15). The maximum absolute atomic E-state index is 10.7. The van der Waals surface area contributed by atoms with Crippen LogP contribution >= 0.6 is 0 Å². The number of nitrogens with two attached hydrogens (primary N) is 1. The first-order valence-electron chi connectivity index (χ1n) is 5.59. The molecule has 4 nitrogen and oxygen atoms in total. The molecule has 2 N–H and O–H groups in total. The van der Waals surface area contributed by atoms with Gasteiger partial charge in [0, 0.05) is 32.4 Å². The van der Waals surface area contributed by atoms with Crippen LogP contribution in [0.4, 0.5) is 0 Å². The molecule has 0 aliphatic carbocycles. The van der Waals surface area contributed by atoms with Crippen molar-refractivity contribution < 1.29 is 4.79 Å². The first-order valence-corrected chi connectivity index (χ1v) is 5.59. The molecule has 1 amide bonds. The van der Waals surface area contributed by atoms with Crippen LogP contribution in [-0.4, -0.2) is 35.5 Å². The van der Waals surface area contributed by atoms with Crippen LogP contribution in [0.2, 0.25) is 0 Å². The van der Waals surface area contributed by atoms with Gasteiger partial charge in [0.15, 0.2) is 0 Å². The summed E-state index contributed by atoms with van der Waals surface area (Å²) in [6.07, 6.45) is 8.11. The monoisotopic (exact) mass is 211 g/mol. The summed E-state index contributed by atoms with van der Waals surface area (Å²) in [5.74, 6) is -0.217. The molecule has 0 radical (unpaired) electrons. The van der Waals surface area contributed by atoms with E-state index >= 15 is 0 Å². The van der Waals surface area contributed by atoms with Crippen molar-refractivity contribution in [2.24, 2.45) is 5.73 Å². The molecule has 0 aromatic rings. The summed E-state index contributed by atoms with van der Waals surface area (Å²) in [4.78, 5) is 15.2. The quantitative estimate of drug-likeness (QED) is 0.715. The van der Waals surface area contributed by atoms with Gasteiger partial charge in [-0.2, -0.15) is 0 Å². The molecule has 0 saturated carbocycles. The van der Waals surface area contributed by atoms with Crippen molar-refractivity contribution in [1.29, 1.82) is 0 Å². The number of nitrogens with zero attached hydrogens (tertiary/aromatic N) is 2. The largest absolute Gasteiger partial charge is 0.370 e. The summed E-state index contributed by atoms with van der Waals surface area (Å²) in [5.41, 5.74) is 5.17. The Kier molecular flexibility index (Phi) is 4.46. The second-order valence-corrected chi connectivity index (χ2v) is 4.04. The Hall–Kier alpha value is -1.19. The highest BCUT2D eigenvalue weighted by Crippen LogP contribution is 2.18. The van der Waals surface area contributed by atoms with Crippen molar-refractivity contribution in [2.75, 3.05) is 13.6 Å². The zero-order valence-corrected chi connectivity index (χ0v) is 9.65. The Labute approximate surface area is 91.7 Å². The average molecular weight is 211 g/mol. The lowest BCUT2D eigenvalue weighted by Gasteiger charge is -2.30. The molecule has 1 aliphatic heterocycles. The third-order valence-corrected chi connectivity index (χ3v) is 2.77. The molecule has 1 aliphatic rings. The van der Waals surface area contributed by atoms with Gasteiger partial charge in [-0.05, 0) is 12.8 Å². The number of amides is 1. The third-order valence-electron chi connectivity index (χ3n) is 2.77. The fourth-order valence-electron chi connectivity index (χ4n) is 1.83. The van der Waals surface area contributed by atoms with Gasteiger partial charge < -0.3 is 15.5 Å². The van der Waals surface area contributed by atoms with Gasteiger partial charge in [0.2, 0.25) is 5.91 Å². The summed E-state index contributed by atoms with van der Waals surface area (Å²) in [6, 6.07) is 0. The van der Waals surface area contributed by atoms with Gasteiger partial charge in [0.1, 0.15) is 6.17 Å². The lowest BCUT2D eigenvalue weighted by atomic mass is 10.2. The molecule has 0 aromatic carbocycles. The number of hydrogen-bond acceptors (Lipinski definition) is 3. The van der Waals surface area contributed by atoms with Crippen LogP contribution in [0, 0.1) is 0 Å². The maximum atomic E-state index is 10.7. The molecule has 1 atom stereocenters. The molecule has 0 fully saturated rings. The second-order valence-electron chi connectivity index (χ2n) is 4.04. The Morgan fingerprint density at radius 1 is 1.47 bits per heavy atom.